The summed E-state index contributed by atoms with van der Waals surface area (Å²) in [6.45, 7) is 2.85. The molecule has 1 aromatic carbocycles. The van der Waals surface area contributed by atoms with Crippen LogP contribution < -0.4 is 10.6 Å². The Bertz CT molecular complexity index is 872. The fourth-order valence-corrected chi connectivity index (χ4v) is 3.86. The molecule has 3 N–H and O–H groups in total. The minimum absolute atomic E-state index is 0.0694. The van der Waals surface area contributed by atoms with Crippen LogP contribution in [0.1, 0.15) is 31.4 Å². The fourth-order valence-electron chi connectivity index (χ4n) is 3.86. The zero-order valence-electron chi connectivity index (χ0n) is 16.5. The number of amides is 2. The van der Waals surface area contributed by atoms with E-state index in [4.69, 9.17) is 5.11 Å². The molecule has 2 amide bonds. The first kappa shape index (κ1) is 19.4. The molecule has 4 rings (SSSR count). The van der Waals surface area contributed by atoms with Crippen LogP contribution in [-0.4, -0.2) is 57.0 Å². The van der Waals surface area contributed by atoms with E-state index in [-0.39, 0.29) is 24.7 Å². The summed E-state index contributed by atoms with van der Waals surface area (Å²) in [5, 5.41) is 19.4. The van der Waals surface area contributed by atoms with Crippen molar-refractivity contribution >= 4 is 17.7 Å². The van der Waals surface area contributed by atoms with Crippen molar-refractivity contribution in [1.82, 2.24) is 20.0 Å². The molecule has 0 radical (unpaired) electrons. The third-order valence-corrected chi connectivity index (χ3v) is 5.75. The van der Waals surface area contributed by atoms with E-state index < -0.39 is 5.97 Å². The highest BCUT2D eigenvalue weighted by Gasteiger charge is 2.37. The van der Waals surface area contributed by atoms with Crippen LogP contribution in [-0.2, 0) is 4.79 Å². The highest BCUT2D eigenvalue weighted by atomic mass is 16.4. The van der Waals surface area contributed by atoms with E-state index in [9.17, 15) is 9.59 Å². The number of urea groups is 1. The number of nitrogens with zero attached hydrogens (tertiary/aromatic N) is 3. The van der Waals surface area contributed by atoms with E-state index >= 15 is 0 Å². The Hall–Kier alpha value is -2.87. The minimum Gasteiger partial charge on any atom is -0.480 e. The maximum Gasteiger partial charge on any atom is 0.319 e. The van der Waals surface area contributed by atoms with Gasteiger partial charge in [0, 0.05) is 18.6 Å². The summed E-state index contributed by atoms with van der Waals surface area (Å²) in [6.07, 6.45) is 5.62. The molecule has 8 nitrogen and oxygen atoms in total. The topological polar surface area (TPSA) is 99.5 Å². The standard InChI is InChI=1S/C21H27N5O3/c1-14-19(11-22-26(14)17-5-3-2-4-6-17)24-21(29)23-16-9-18(10-16)25(13-20(27)28)12-15-7-8-15/h2-6,11,15-16,18H,7-10,12-13H2,1H3,(H,27,28)(H2,23,24,29). The number of aliphatic carboxylic acids is 1. The number of hydrogen-bond acceptors (Lipinski definition) is 4. The average molecular weight is 397 g/mol. The Labute approximate surface area is 169 Å². The van der Waals surface area contributed by atoms with Crippen molar-refractivity contribution < 1.29 is 14.7 Å². The molecule has 2 fully saturated rings. The largest absolute Gasteiger partial charge is 0.480 e. The van der Waals surface area contributed by atoms with Crippen molar-refractivity contribution in [1.29, 1.82) is 0 Å². The van der Waals surface area contributed by atoms with Crippen molar-refractivity contribution in [3.05, 3.63) is 42.2 Å². The van der Waals surface area contributed by atoms with Crippen LogP contribution in [0.15, 0.2) is 36.5 Å². The maximum atomic E-state index is 12.4. The van der Waals surface area contributed by atoms with Gasteiger partial charge in [-0.1, -0.05) is 18.2 Å². The number of nitrogens with one attached hydrogen (secondary N) is 2. The highest BCUT2D eigenvalue weighted by molar-refractivity contribution is 5.90. The molecule has 1 aromatic heterocycles. The smallest absolute Gasteiger partial charge is 0.319 e. The van der Waals surface area contributed by atoms with Gasteiger partial charge in [-0.15, -0.1) is 0 Å². The summed E-state index contributed by atoms with van der Waals surface area (Å²) in [5.41, 5.74) is 2.47. The van der Waals surface area contributed by atoms with Gasteiger partial charge in [-0.3, -0.25) is 9.69 Å². The van der Waals surface area contributed by atoms with Gasteiger partial charge in [0.2, 0.25) is 0 Å². The quantitative estimate of drug-likeness (QED) is 0.636. The third-order valence-electron chi connectivity index (χ3n) is 5.75. The SMILES string of the molecule is Cc1c(NC(=O)NC2CC(N(CC(=O)O)CC3CC3)C2)cnn1-c1ccccc1. The van der Waals surface area contributed by atoms with Gasteiger partial charge in [0.1, 0.15) is 0 Å². The number of aromatic nitrogens is 2. The Morgan fingerprint density at radius 1 is 1.24 bits per heavy atom. The molecular formula is C21H27N5O3. The molecule has 2 saturated carbocycles. The monoisotopic (exact) mass is 397 g/mol. The van der Waals surface area contributed by atoms with Gasteiger partial charge in [-0.25, -0.2) is 9.48 Å². The van der Waals surface area contributed by atoms with E-state index in [2.05, 4.69) is 20.6 Å². The summed E-state index contributed by atoms with van der Waals surface area (Å²) in [5.74, 6) is -0.139. The lowest BCUT2D eigenvalue weighted by molar-refractivity contribution is -0.139. The second-order valence-electron chi connectivity index (χ2n) is 8.08. The van der Waals surface area contributed by atoms with Crippen molar-refractivity contribution in [3.8, 4) is 5.69 Å². The average Bonchev–Trinajstić information content (AvgIpc) is 3.40. The second kappa shape index (κ2) is 8.24. The second-order valence-corrected chi connectivity index (χ2v) is 8.08. The zero-order chi connectivity index (χ0) is 20.4. The number of carbonyl (C=O) groups excluding carboxylic acids is 1. The van der Waals surface area contributed by atoms with E-state index in [1.54, 1.807) is 10.9 Å². The van der Waals surface area contributed by atoms with E-state index in [1.165, 1.54) is 12.8 Å². The first-order chi connectivity index (χ1) is 14.0. The number of rotatable bonds is 8. The Kier molecular flexibility index (Phi) is 5.53. The number of hydrogen-bond donors (Lipinski definition) is 3. The van der Waals surface area contributed by atoms with Crippen LogP contribution in [0.25, 0.3) is 5.69 Å². The molecule has 2 aromatic rings. The Balaban J connectivity index is 1.28. The predicted octanol–water partition coefficient (Wildman–Crippen LogP) is 2.63. The van der Waals surface area contributed by atoms with Crippen LogP contribution in [0.2, 0.25) is 0 Å². The molecule has 2 aliphatic carbocycles. The molecule has 0 unspecified atom stereocenters. The van der Waals surface area contributed by atoms with Crippen LogP contribution in [0.3, 0.4) is 0 Å². The van der Waals surface area contributed by atoms with Crippen molar-refractivity contribution in [2.75, 3.05) is 18.4 Å². The molecular weight excluding hydrogens is 370 g/mol. The first-order valence-electron chi connectivity index (χ1n) is 10.1. The van der Waals surface area contributed by atoms with Crippen LogP contribution >= 0.6 is 0 Å². The normalized spacial score (nSPS) is 20.9. The van der Waals surface area contributed by atoms with E-state index in [1.807, 2.05) is 37.3 Å². The van der Waals surface area contributed by atoms with Gasteiger partial charge < -0.3 is 15.7 Å². The molecule has 0 bridgehead atoms. The van der Waals surface area contributed by atoms with Gasteiger partial charge in [-0.05, 0) is 50.7 Å². The lowest BCUT2D eigenvalue weighted by Gasteiger charge is -2.42. The van der Waals surface area contributed by atoms with Gasteiger partial charge >= 0.3 is 12.0 Å². The van der Waals surface area contributed by atoms with Crippen molar-refractivity contribution in [2.45, 2.75) is 44.7 Å². The lowest BCUT2D eigenvalue weighted by atomic mass is 9.85. The van der Waals surface area contributed by atoms with Crippen LogP contribution in [0.5, 0.6) is 0 Å². The molecule has 29 heavy (non-hydrogen) atoms. The highest BCUT2D eigenvalue weighted by Crippen LogP contribution is 2.33. The molecule has 0 saturated heterocycles. The van der Waals surface area contributed by atoms with Gasteiger partial charge in [0.05, 0.1) is 29.8 Å². The molecule has 1 heterocycles. The van der Waals surface area contributed by atoms with Crippen molar-refractivity contribution in [3.63, 3.8) is 0 Å². The number of carboxylic acids is 1. The van der Waals surface area contributed by atoms with E-state index in [0.29, 0.717) is 11.6 Å². The van der Waals surface area contributed by atoms with Gasteiger partial charge in [0.15, 0.2) is 0 Å². The maximum absolute atomic E-state index is 12.4. The number of para-hydroxylation sites is 1. The van der Waals surface area contributed by atoms with Crippen LogP contribution in [0, 0.1) is 12.8 Å². The van der Waals surface area contributed by atoms with Gasteiger partial charge in [-0.2, -0.15) is 5.10 Å². The number of carboxylic acid groups (broad SMARTS) is 1. The number of carbonyl (C=O) groups is 2. The molecule has 0 atom stereocenters. The summed E-state index contributed by atoms with van der Waals surface area (Å²) >= 11 is 0. The number of benzene rings is 1. The third kappa shape index (κ3) is 4.76. The predicted molar refractivity (Wildman–Crippen MR) is 109 cm³/mol. The van der Waals surface area contributed by atoms with Crippen molar-refractivity contribution in [2.24, 2.45) is 5.92 Å². The Morgan fingerprint density at radius 2 is 1.97 bits per heavy atom. The summed E-state index contributed by atoms with van der Waals surface area (Å²) in [4.78, 5) is 25.6. The summed E-state index contributed by atoms with van der Waals surface area (Å²) in [7, 11) is 0. The molecule has 2 aliphatic rings. The lowest BCUT2D eigenvalue weighted by Crippen LogP contribution is -2.55. The number of anilines is 1. The molecule has 154 valence electrons. The summed E-state index contributed by atoms with van der Waals surface area (Å²) in [6, 6.07) is 9.81. The zero-order valence-corrected chi connectivity index (χ0v) is 16.5. The first-order valence-corrected chi connectivity index (χ1v) is 10.1. The van der Waals surface area contributed by atoms with Crippen LogP contribution in [0.4, 0.5) is 10.5 Å². The molecule has 0 spiro atoms. The fraction of sp³-hybridized carbons (Fsp3) is 0.476. The minimum atomic E-state index is -0.786. The molecule has 8 heteroatoms. The van der Waals surface area contributed by atoms with E-state index in [0.717, 1.165) is 30.8 Å². The van der Waals surface area contributed by atoms with Gasteiger partial charge in [0.25, 0.3) is 0 Å². The summed E-state index contributed by atoms with van der Waals surface area (Å²) < 4.78 is 1.79. The molecule has 0 aliphatic heterocycles. The Morgan fingerprint density at radius 3 is 2.62 bits per heavy atom.